The standard InChI is InChI=1S/C33H39N5O7S/c1-5-6-17-46(44,45)37-28(31(41)42)19-34-29(39)22-11-12-23-20-38(30(40)26(23)18-22)33(3,4)24-13-15-25(16-14-24)35-32(43)36-27-10-8-7-9-21(27)2/h7-16,18,20,28,37,40H,5-6,17,19H2,1-4H3,(H,34,39)(H,41,42)(H2,35,36,43)/t28-/m1/s1. The quantitative estimate of drug-likeness (QED) is 0.118. The lowest BCUT2D eigenvalue weighted by Gasteiger charge is -2.28. The Morgan fingerprint density at radius 1 is 0.978 bits per heavy atom. The molecule has 1 aromatic heterocycles. The van der Waals surface area contributed by atoms with Crippen LogP contribution < -0.4 is 20.7 Å². The fourth-order valence-corrected chi connectivity index (χ4v) is 6.35. The van der Waals surface area contributed by atoms with E-state index in [1.165, 1.54) is 12.1 Å². The van der Waals surface area contributed by atoms with E-state index in [1.54, 1.807) is 29.0 Å². The predicted octanol–water partition coefficient (Wildman–Crippen LogP) is 4.99. The molecule has 3 aromatic carbocycles. The number of aromatic hydroxyl groups is 1. The zero-order chi connectivity index (χ0) is 33.6. The van der Waals surface area contributed by atoms with Gasteiger partial charge in [-0.1, -0.05) is 49.7 Å². The van der Waals surface area contributed by atoms with Crippen molar-refractivity contribution < 1.29 is 33.0 Å². The molecule has 0 radical (unpaired) electrons. The number of carbonyl (C=O) groups excluding carboxylic acids is 2. The molecule has 6 N–H and O–H groups in total. The number of hydrogen-bond acceptors (Lipinski definition) is 6. The summed E-state index contributed by atoms with van der Waals surface area (Å²) in [6.45, 7) is 7.10. The first-order valence-corrected chi connectivity index (χ1v) is 16.5. The van der Waals surface area contributed by atoms with Crippen LogP contribution in [0.4, 0.5) is 16.2 Å². The molecule has 4 aromatic rings. The second-order valence-electron chi connectivity index (χ2n) is 11.5. The largest absolute Gasteiger partial charge is 0.494 e. The summed E-state index contributed by atoms with van der Waals surface area (Å²) in [4.78, 5) is 37.1. The number of nitrogens with one attached hydrogen (secondary N) is 4. The number of anilines is 2. The molecular formula is C33H39N5O7S. The summed E-state index contributed by atoms with van der Waals surface area (Å²) in [5.74, 6) is -2.33. The van der Waals surface area contributed by atoms with Crippen LogP contribution in [-0.2, 0) is 20.4 Å². The van der Waals surface area contributed by atoms with Crippen LogP contribution in [-0.4, -0.2) is 59.4 Å². The van der Waals surface area contributed by atoms with Crippen LogP contribution in [0.2, 0.25) is 0 Å². The minimum absolute atomic E-state index is 0.0819. The summed E-state index contributed by atoms with van der Waals surface area (Å²) in [6.07, 6.45) is 2.77. The number of fused-ring (bicyclic) bond motifs is 1. The van der Waals surface area contributed by atoms with Gasteiger partial charge in [0.1, 0.15) is 6.04 Å². The van der Waals surface area contributed by atoms with Crippen LogP contribution in [0.15, 0.2) is 72.9 Å². The van der Waals surface area contributed by atoms with Gasteiger partial charge >= 0.3 is 12.0 Å². The summed E-state index contributed by atoms with van der Waals surface area (Å²) in [7, 11) is -3.83. The van der Waals surface area contributed by atoms with Gasteiger partial charge in [-0.2, -0.15) is 4.72 Å². The van der Waals surface area contributed by atoms with Crippen LogP contribution in [0.25, 0.3) is 10.8 Å². The highest BCUT2D eigenvalue weighted by Crippen LogP contribution is 2.37. The van der Waals surface area contributed by atoms with Crippen LogP contribution in [0, 0.1) is 6.92 Å². The number of aryl methyl sites for hydroxylation is 1. The molecule has 0 bridgehead atoms. The van der Waals surface area contributed by atoms with Gasteiger partial charge in [-0.05, 0) is 68.7 Å². The minimum atomic E-state index is -3.83. The van der Waals surface area contributed by atoms with E-state index in [0.29, 0.717) is 35.0 Å². The average Bonchev–Trinajstić information content (AvgIpc) is 3.35. The lowest BCUT2D eigenvalue weighted by Crippen LogP contribution is -2.48. The number of unbranched alkanes of at least 4 members (excludes halogenated alkanes) is 1. The first-order chi connectivity index (χ1) is 21.7. The molecular weight excluding hydrogens is 610 g/mol. The van der Waals surface area contributed by atoms with Gasteiger partial charge in [-0.3, -0.25) is 9.59 Å². The van der Waals surface area contributed by atoms with E-state index < -0.39 is 40.0 Å². The third-order valence-electron chi connectivity index (χ3n) is 7.75. The molecule has 12 nitrogen and oxygen atoms in total. The van der Waals surface area contributed by atoms with E-state index in [2.05, 4.69) is 20.7 Å². The first-order valence-electron chi connectivity index (χ1n) is 14.8. The van der Waals surface area contributed by atoms with Gasteiger partial charge < -0.3 is 30.7 Å². The SMILES string of the molecule is CCCCS(=O)(=O)N[C@H](CNC(=O)c1ccc2cn(C(C)(C)c3ccc(NC(=O)Nc4ccccc4C)cc3)c(O)c2c1)C(=O)O. The number of hydrogen-bond donors (Lipinski definition) is 6. The molecule has 13 heteroatoms. The molecule has 0 aliphatic heterocycles. The zero-order valence-corrected chi connectivity index (χ0v) is 26.9. The van der Waals surface area contributed by atoms with Crippen molar-refractivity contribution in [3.63, 3.8) is 0 Å². The molecule has 0 spiro atoms. The van der Waals surface area contributed by atoms with Gasteiger partial charge in [0, 0.05) is 40.5 Å². The summed E-state index contributed by atoms with van der Waals surface area (Å²) in [5, 5.41) is 29.9. The Bertz CT molecular complexity index is 1850. The van der Waals surface area contributed by atoms with Crippen molar-refractivity contribution in [3.05, 3.63) is 89.6 Å². The van der Waals surface area contributed by atoms with E-state index in [4.69, 9.17) is 0 Å². The van der Waals surface area contributed by atoms with Crippen LogP contribution in [0.1, 0.15) is 55.1 Å². The van der Waals surface area contributed by atoms with Crippen molar-refractivity contribution in [3.8, 4) is 5.88 Å². The molecule has 4 rings (SSSR count). The summed E-state index contributed by atoms with van der Waals surface area (Å²) in [5.41, 5.74) is 2.50. The van der Waals surface area contributed by atoms with Crippen LogP contribution >= 0.6 is 0 Å². The van der Waals surface area contributed by atoms with Crippen molar-refractivity contribution in [2.75, 3.05) is 22.9 Å². The van der Waals surface area contributed by atoms with Gasteiger partial charge in [-0.25, -0.2) is 13.2 Å². The minimum Gasteiger partial charge on any atom is -0.494 e. The normalized spacial score (nSPS) is 12.4. The van der Waals surface area contributed by atoms with Crippen molar-refractivity contribution in [1.29, 1.82) is 0 Å². The van der Waals surface area contributed by atoms with E-state index in [0.717, 1.165) is 11.1 Å². The summed E-state index contributed by atoms with van der Waals surface area (Å²) in [6, 6.07) is 17.5. The van der Waals surface area contributed by atoms with Gasteiger partial charge in [-0.15, -0.1) is 0 Å². The topological polar surface area (TPSA) is 179 Å². The molecule has 3 amide bonds. The van der Waals surface area contributed by atoms with Crippen molar-refractivity contribution in [1.82, 2.24) is 14.6 Å². The number of rotatable bonds is 13. The fourth-order valence-electron chi connectivity index (χ4n) is 4.94. The van der Waals surface area contributed by atoms with Crippen molar-refractivity contribution in [2.45, 2.75) is 52.1 Å². The number of carboxylic acid groups (broad SMARTS) is 1. The molecule has 0 saturated carbocycles. The molecule has 46 heavy (non-hydrogen) atoms. The monoisotopic (exact) mass is 649 g/mol. The maximum Gasteiger partial charge on any atom is 0.323 e. The number of carboxylic acids is 1. The third kappa shape index (κ3) is 8.03. The number of amides is 3. The van der Waals surface area contributed by atoms with E-state index in [1.807, 2.05) is 64.1 Å². The number of urea groups is 1. The second-order valence-corrected chi connectivity index (χ2v) is 13.4. The first kappa shape index (κ1) is 34.0. The zero-order valence-electron chi connectivity index (χ0n) is 26.1. The van der Waals surface area contributed by atoms with Crippen LogP contribution in [0.3, 0.4) is 0 Å². The molecule has 244 valence electrons. The number of para-hydroxylation sites is 1. The molecule has 0 fully saturated rings. The highest BCUT2D eigenvalue weighted by atomic mass is 32.2. The molecule has 0 unspecified atom stereocenters. The highest BCUT2D eigenvalue weighted by Gasteiger charge is 2.28. The molecule has 0 aliphatic rings. The molecule has 0 aliphatic carbocycles. The molecule has 1 atom stereocenters. The number of benzene rings is 3. The lowest BCUT2D eigenvalue weighted by atomic mass is 9.93. The summed E-state index contributed by atoms with van der Waals surface area (Å²) >= 11 is 0. The van der Waals surface area contributed by atoms with Crippen molar-refractivity contribution >= 4 is 50.1 Å². The number of carbonyl (C=O) groups is 3. The van der Waals surface area contributed by atoms with E-state index in [9.17, 15) is 33.0 Å². The Balaban J connectivity index is 1.46. The molecule has 1 heterocycles. The maximum absolute atomic E-state index is 12.9. The van der Waals surface area contributed by atoms with Gasteiger partial charge in [0.15, 0.2) is 5.88 Å². The van der Waals surface area contributed by atoms with Gasteiger partial charge in [0.2, 0.25) is 10.0 Å². The van der Waals surface area contributed by atoms with Gasteiger partial charge in [0.05, 0.1) is 11.3 Å². The van der Waals surface area contributed by atoms with E-state index in [-0.39, 0.29) is 23.2 Å². The number of sulfonamides is 1. The van der Waals surface area contributed by atoms with Gasteiger partial charge in [0.25, 0.3) is 5.91 Å². The lowest BCUT2D eigenvalue weighted by molar-refractivity contribution is -0.138. The second kappa shape index (κ2) is 14.0. The Labute approximate surface area is 267 Å². The third-order valence-corrected chi connectivity index (χ3v) is 9.22. The molecule has 0 saturated heterocycles. The Hall–Kier alpha value is -4.88. The van der Waals surface area contributed by atoms with Crippen LogP contribution in [0.5, 0.6) is 5.88 Å². The Morgan fingerprint density at radius 3 is 2.33 bits per heavy atom. The predicted molar refractivity (Wildman–Crippen MR) is 178 cm³/mol. The number of aliphatic carboxylic acids is 1. The summed E-state index contributed by atoms with van der Waals surface area (Å²) < 4.78 is 28.2. The van der Waals surface area contributed by atoms with E-state index >= 15 is 0 Å². The average molecular weight is 650 g/mol. The fraction of sp³-hybridized carbons (Fsp3) is 0.303. The number of nitrogens with zero attached hydrogens (tertiary/aromatic N) is 1. The maximum atomic E-state index is 12.9. The van der Waals surface area contributed by atoms with Crippen molar-refractivity contribution in [2.24, 2.45) is 0 Å². The Morgan fingerprint density at radius 2 is 1.67 bits per heavy atom. The smallest absolute Gasteiger partial charge is 0.323 e. The Kier molecular flexibility index (Phi) is 10.4. The number of aromatic nitrogens is 1. The highest BCUT2D eigenvalue weighted by molar-refractivity contribution is 7.89.